The molecule has 2 aromatic carbocycles. The van der Waals surface area contributed by atoms with Gasteiger partial charge >= 0.3 is 0 Å². The second-order valence-electron chi connectivity index (χ2n) is 7.71. The van der Waals surface area contributed by atoms with E-state index >= 15 is 0 Å². The number of benzene rings is 2. The van der Waals surface area contributed by atoms with Crippen LogP contribution >= 0.6 is 24.0 Å². The van der Waals surface area contributed by atoms with Crippen LogP contribution in [0.3, 0.4) is 0 Å². The van der Waals surface area contributed by atoms with E-state index in [2.05, 4.69) is 20.9 Å². The van der Waals surface area contributed by atoms with Gasteiger partial charge in [0, 0.05) is 30.9 Å². The normalized spacial score (nSPS) is 15.6. The first-order chi connectivity index (χ1) is 16.1. The molecular formula is C25H28IN5O3. The molecule has 1 fully saturated rings. The molecule has 0 saturated carbocycles. The number of rotatable bonds is 7. The highest BCUT2D eigenvalue weighted by Crippen LogP contribution is 2.21. The lowest BCUT2D eigenvalue weighted by Crippen LogP contribution is -2.44. The highest BCUT2D eigenvalue weighted by atomic mass is 127. The Labute approximate surface area is 215 Å². The summed E-state index contributed by atoms with van der Waals surface area (Å²) in [7, 11) is 0. The minimum atomic E-state index is -0.301. The van der Waals surface area contributed by atoms with Crippen molar-refractivity contribution >= 4 is 53.1 Å². The fraction of sp³-hybridized carbons (Fsp3) is 0.240. The molecule has 0 bridgehead atoms. The molecular weight excluding hydrogens is 545 g/mol. The van der Waals surface area contributed by atoms with Gasteiger partial charge in [-0.15, -0.1) is 24.0 Å². The average molecular weight is 573 g/mol. The Kier molecular flexibility index (Phi) is 9.08. The number of carbonyl (C=O) groups excluding carboxylic acids is 2. The maximum atomic E-state index is 12.5. The van der Waals surface area contributed by atoms with Gasteiger partial charge in [-0.2, -0.15) is 0 Å². The van der Waals surface area contributed by atoms with Gasteiger partial charge in [-0.3, -0.25) is 9.59 Å². The van der Waals surface area contributed by atoms with Crippen LogP contribution < -0.4 is 20.9 Å². The lowest BCUT2D eigenvalue weighted by Gasteiger charge is -2.19. The van der Waals surface area contributed by atoms with Crippen LogP contribution in [0.4, 0.5) is 11.4 Å². The van der Waals surface area contributed by atoms with Crippen LogP contribution in [0.5, 0.6) is 0 Å². The number of hydrogen-bond acceptors (Lipinski definition) is 4. The standard InChI is InChI=1S/C25H27N5O3.HI/c1-2-26-25(29-20-15-23(31)30(17-20)21-10-4-3-5-11-21)27-16-18-8-6-9-19(14-18)28-24(32)22-12-7-13-33-22;/h3-14,20H,2,15-17H2,1H3,(H,28,32)(H2,26,27,29);1H. The van der Waals surface area contributed by atoms with Crippen LogP contribution in [0.1, 0.15) is 29.5 Å². The molecule has 4 rings (SSSR count). The minimum absolute atomic E-state index is 0. The summed E-state index contributed by atoms with van der Waals surface area (Å²) in [4.78, 5) is 31.2. The van der Waals surface area contributed by atoms with Gasteiger partial charge in [0.25, 0.3) is 5.91 Å². The summed E-state index contributed by atoms with van der Waals surface area (Å²) in [6, 6.07) is 20.5. The summed E-state index contributed by atoms with van der Waals surface area (Å²) >= 11 is 0. The lowest BCUT2D eigenvalue weighted by atomic mass is 10.2. The first-order valence-electron chi connectivity index (χ1n) is 11.0. The van der Waals surface area contributed by atoms with Crippen molar-refractivity contribution in [1.29, 1.82) is 0 Å². The van der Waals surface area contributed by atoms with Crippen molar-refractivity contribution in [2.75, 3.05) is 23.3 Å². The Morgan fingerprint density at radius 1 is 1.12 bits per heavy atom. The van der Waals surface area contributed by atoms with E-state index < -0.39 is 0 Å². The molecule has 1 aromatic heterocycles. The van der Waals surface area contributed by atoms with Crippen molar-refractivity contribution in [3.63, 3.8) is 0 Å². The van der Waals surface area contributed by atoms with Crippen molar-refractivity contribution in [2.45, 2.75) is 25.9 Å². The van der Waals surface area contributed by atoms with Crippen LogP contribution in [0.2, 0.25) is 0 Å². The summed E-state index contributed by atoms with van der Waals surface area (Å²) < 4.78 is 5.13. The van der Waals surface area contributed by atoms with E-state index in [1.807, 2.05) is 61.5 Å². The van der Waals surface area contributed by atoms with Crippen LogP contribution in [0.25, 0.3) is 0 Å². The molecule has 8 nitrogen and oxygen atoms in total. The Morgan fingerprint density at radius 3 is 2.68 bits per heavy atom. The van der Waals surface area contributed by atoms with E-state index in [1.54, 1.807) is 17.0 Å². The molecule has 9 heteroatoms. The number of anilines is 2. The van der Waals surface area contributed by atoms with E-state index in [0.29, 0.717) is 37.7 Å². The molecule has 34 heavy (non-hydrogen) atoms. The molecule has 1 aliphatic heterocycles. The molecule has 178 valence electrons. The summed E-state index contributed by atoms with van der Waals surface area (Å²) in [5, 5.41) is 9.44. The highest BCUT2D eigenvalue weighted by Gasteiger charge is 2.31. The smallest absolute Gasteiger partial charge is 0.291 e. The van der Waals surface area contributed by atoms with Crippen molar-refractivity contribution in [3.05, 3.63) is 84.3 Å². The van der Waals surface area contributed by atoms with E-state index in [1.165, 1.54) is 6.26 Å². The summed E-state index contributed by atoms with van der Waals surface area (Å²) in [6.45, 7) is 3.70. The molecule has 1 atom stereocenters. The summed E-state index contributed by atoms with van der Waals surface area (Å²) in [6.07, 6.45) is 1.87. The Morgan fingerprint density at radius 2 is 1.94 bits per heavy atom. The maximum absolute atomic E-state index is 12.5. The monoisotopic (exact) mass is 573 g/mol. The third-order valence-corrected chi connectivity index (χ3v) is 5.23. The van der Waals surface area contributed by atoms with Crippen LogP contribution in [0, 0.1) is 0 Å². The number of hydrogen-bond donors (Lipinski definition) is 3. The van der Waals surface area contributed by atoms with Gasteiger partial charge in [0.1, 0.15) is 0 Å². The molecule has 2 amide bonds. The number of carbonyl (C=O) groups is 2. The van der Waals surface area contributed by atoms with Gasteiger partial charge in [-0.05, 0) is 48.9 Å². The highest BCUT2D eigenvalue weighted by molar-refractivity contribution is 14.0. The molecule has 0 spiro atoms. The van der Waals surface area contributed by atoms with Gasteiger partial charge in [-0.1, -0.05) is 30.3 Å². The van der Waals surface area contributed by atoms with Crippen LogP contribution in [-0.2, 0) is 11.3 Å². The van der Waals surface area contributed by atoms with Crippen molar-refractivity contribution in [1.82, 2.24) is 10.6 Å². The second kappa shape index (κ2) is 12.2. The van der Waals surface area contributed by atoms with Crippen molar-refractivity contribution in [2.24, 2.45) is 4.99 Å². The first kappa shape index (κ1) is 25.3. The molecule has 0 radical (unpaired) electrons. The zero-order chi connectivity index (χ0) is 23.0. The zero-order valence-electron chi connectivity index (χ0n) is 18.9. The Hall–Kier alpha value is -3.34. The van der Waals surface area contributed by atoms with Crippen molar-refractivity contribution in [3.8, 4) is 0 Å². The third kappa shape index (κ3) is 6.60. The second-order valence-corrected chi connectivity index (χ2v) is 7.71. The van der Waals surface area contributed by atoms with E-state index in [0.717, 1.165) is 11.3 Å². The fourth-order valence-electron chi connectivity index (χ4n) is 3.69. The number of amides is 2. The molecule has 2 heterocycles. The predicted octanol–water partition coefficient (Wildman–Crippen LogP) is 4.01. The number of guanidine groups is 1. The largest absolute Gasteiger partial charge is 0.459 e. The first-order valence-corrected chi connectivity index (χ1v) is 11.0. The van der Waals surface area contributed by atoms with Crippen LogP contribution in [0.15, 0.2) is 82.4 Å². The fourth-order valence-corrected chi connectivity index (χ4v) is 3.69. The molecule has 1 aliphatic rings. The number of aliphatic imine (C=N–C) groups is 1. The number of para-hydroxylation sites is 1. The number of halogens is 1. The number of nitrogens with zero attached hydrogens (tertiary/aromatic N) is 2. The maximum Gasteiger partial charge on any atom is 0.291 e. The number of nitrogens with one attached hydrogen (secondary N) is 3. The Balaban J connectivity index is 0.00000324. The topological polar surface area (TPSA) is 99.0 Å². The SMILES string of the molecule is CCNC(=NCc1cccc(NC(=O)c2ccco2)c1)NC1CC(=O)N(c2ccccc2)C1.I. The predicted molar refractivity (Wildman–Crippen MR) is 144 cm³/mol. The molecule has 1 saturated heterocycles. The van der Waals surface area contributed by atoms with Gasteiger partial charge in [0.2, 0.25) is 5.91 Å². The minimum Gasteiger partial charge on any atom is -0.459 e. The van der Waals surface area contributed by atoms with E-state index in [4.69, 9.17) is 4.42 Å². The molecule has 0 aliphatic carbocycles. The van der Waals surface area contributed by atoms with E-state index in [-0.39, 0.29) is 47.6 Å². The van der Waals surface area contributed by atoms with Gasteiger partial charge in [0.15, 0.2) is 11.7 Å². The zero-order valence-corrected chi connectivity index (χ0v) is 21.2. The summed E-state index contributed by atoms with van der Waals surface area (Å²) in [5.74, 6) is 0.696. The summed E-state index contributed by atoms with van der Waals surface area (Å²) in [5.41, 5.74) is 2.52. The van der Waals surface area contributed by atoms with Gasteiger partial charge < -0.3 is 25.3 Å². The van der Waals surface area contributed by atoms with Crippen LogP contribution in [-0.4, -0.2) is 36.9 Å². The molecule has 1 unspecified atom stereocenters. The van der Waals surface area contributed by atoms with E-state index in [9.17, 15) is 9.59 Å². The molecule has 3 N–H and O–H groups in total. The van der Waals surface area contributed by atoms with Gasteiger partial charge in [0.05, 0.1) is 18.8 Å². The number of furan rings is 1. The third-order valence-electron chi connectivity index (χ3n) is 5.23. The average Bonchev–Trinajstić information content (AvgIpc) is 3.49. The quantitative estimate of drug-likeness (QED) is 0.226. The van der Waals surface area contributed by atoms with Crippen molar-refractivity contribution < 1.29 is 14.0 Å². The lowest BCUT2D eigenvalue weighted by molar-refractivity contribution is -0.117. The van der Waals surface area contributed by atoms with Gasteiger partial charge in [-0.25, -0.2) is 4.99 Å². The Bertz CT molecular complexity index is 1120. The molecule has 3 aromatic rings.